The third kappa shape index (κ3) is 4.37. The number of likely N-dealkylation sites (N-methyl/N-ethyl adjacent to an activating group) is 1. The Morgan fingerprint density at radius 3 is 2.39 bits per heavy atom. The van der Waals surface area contributed by atoms with Crippen LogP contribution in [0.2, 0.25) is 0 Å². The van der Waals surface area contributed by atoms with Gasteiger partial charge in [0.15, 0.2) is 0 Å². The van der Waals surface area contributed by atoms with Crippen LogP contribution in [-0.4, -0.2) is 44.0 Å². The van der Waals surface area contributed by atoms with Gasteiger partial charge in [-0.05, 0) is 45.2 Å². The van der Waals surface area contributed by atoms with Crippen LogP contribution in [0, 0.1) is 0 Å². The summed E-state index contributed by atoms with van der Waals surface area (Å²) in [5, 5.41) is 5.95. The van der Waals surface area contributed by atoms with Gasteiger partial charge in [0.05, 0.1) is 0 Å². The van der Waals surface area contributed by atoms with E-state index in [0.29, 0.717) is 18.2 Å². The number of carbonyl (C=O) groups is 1. The molecule has 1 aromatic carbocycles. The Labute approximate surface area is 109 Å². The van der Waals surface area contributed by atoms with Gasteiger partial charge >= 0.3 is 0 Å². The molecular formula is C14H23N3O. The first-order valence-electron chi connectivity index (χ1n) is 6.31. The molecule has 1 aromatic rings. The van der Waals surface area contributed by atoms with Gasteiger partial charge in [-0.25, -0.2) is 0 Å². The van der Waals surface area contributed by atoms with Crippen molar-refractivity contribution in [2.24, 2.45) is 0 Å². The van der Waals surface area contributed by atoms with E-state index in [2.05, 4.69) is 36.4 Å². The summed E-state index contributed by atoms with van der Waals surface area (Å²) in [6, 6.07) is 7.95. The quantitative estimate of drug-likeness (QED) is 0.808. The van der Waals surface area contributed by atoms with E-state index in [1.54, 1.807) is 0 Å². The molecule has 0 radical (unpaired) electrons. The van der Waals surface area contributed by atoms with Gasteiger partial charge in [-0.2, -0.15) is 0 Å². The number of nitrogens with one attached hydrogen (secondary N) is 2. The summed E-state index contributed by atoms with van der Waals surface area (Å²) < 4.78 is 0. The highest BCUT2D eigenvalue weighted by molar-refractivity contribution is 5.94. The van der Waals surface area contributed by atoms with E-state index in [9.17, 15) is 4.79 Å². The molecule has 1 amide bonds. The number of hydrogen-bond donors (Lipinski definition) is 2. The average Bonchev–Trinajstić information content (AvgIpc) is 2.38. The Balaban J connectivity index is 2.40. The van der Waals surface area contributed by atoms with E-state index in [1.807, 2.05) is 31.3 Å². The van der Waals surface area contributed by atoms with Gasteiger partial charge in [0.1, 0.15) is 0 Å². The fourth-order valence-electron chi connectivity index (χ4n) is 1.49. The van der Waals surface area contributed by atoms with Gasteiger partial charge in [-0.15, -0.1) is 0 Å². The number of nitrogens with zero attached hydrogens (tertiary/aromatic N) is 1. The third-order valence-electron chi connectivity index (χ3n) is 3.07. The lowest BCUT2D eigenvalue weighted by atomic mass is 10.2. The predicted molar refractivity (Wildman–Crippen MR) is 76.1 cm³/mol. The number of carbonyl (C=O) groups excluding carboxylic acids is 1. The first kappa shape index (κ1) is 14.5. The maximum absolute atomic E-state index is 11.8. The molecule has 0 saturated heterocycles. The second kappa shape index (κ2) is 7.01. The Hall–Kier alpha value is -1.55. The molecule has 0 bridgehead atoms. The van der Waals surface area contributed by atoms with Gasteiger partial charge in [0.2, 0.25) is 0 Å². The van der Waals surface area contributed by atoms with Gasteiger partial charge in [-0.1, -0.05) is 0 Å². The summed E-state index contributed by atoms with van der Waals surface area (Å²) >= 11 is 0. The largest absolute Gasteiger partial charge is 0.388 e. The summed E-state index contributed by atoms with van der Waals surface area (Å²) in [7, 11) is 3.91. The van der Waals surface area contributed by atoms with Crippen molar-refractivity contribution in [2.45, 2.75) is 19.9 Å². The molecule has 0 unspecified atom stereocenters. The van der Waals surface area contributed by atoms with Gasteiger partial charge in [0.25, 0.3) is 5.91 Å². The second-order valence-electron chi connectivity index (χ2n) is 4.66. The second-order valence-corrected chi connectivity index (χ2v) is 4.66. The molecule has 0 aliphatic carbocycles. The molecule has 4 nitrogen and oxygen atoms in total. The Kier molecular flexibility index (Phi) is 5.65. The van der Waals surface area contributed by atoms with E-state index in [0.717, 1.165) is 12.2 Å². The monoisotopic (exact) mass is 249 g/mol. The molecule has 100 valence electrons. The normalized spacial score (nSPS) is 10.8. The minimum atomic E-state index is -0.0187. The maximum Gasteiger partial charge on any atom is 0.251 e. The Bertz CT molecular complexity index is 373. The smallest absolute Gasteiger partial charge is 0.251 e. The fourth-order valence-corrected chi connectivity index (χ4v) is 1.49. The van der Waals surface area contributed by atoms with Crippen LogP contribution in [0.1, 0.15) is 24.2 Å². The van der Waals surface area contributed by atoms with Crippen molar-refractivity contribution in [1.29, 1.82) is 0 Å². The van der Waals surface area contributed by atoms with Crippen LogP contribution in [0.4, 0.5) is 5.69 Å². The van der Waals surface area contributed by atoms with E-state index in [-0.39, 0.29) is 5.91 Å². The highest BCUT2D eigenvalue weighted by atomic mass is 16.1. The number of hydrogen-bond acceptors (Lipinski definition) is 3. The highest BCUT2D eigenvalue weighted by Gasteiger charge is 2.06. The van der Waals surface area contributed by atoms with Crippen molar-refractivity contribution in [2.75, 3.05) is 32.5 Å². The fraction of sp³-hybridized carbons (Fsp3) is 0.500. The van der Waals surface area contributed by atoms with Gasteiger partial charge in [-0.3, -0.25) is 4.79 Å². The number of anilines is 1. The lowest BCUT2D eigenvalue weighted by molar-refractivity contribution is 0.0948. The third-order valence-corrected chi connectivity index (χ3v) is 3.07. The van der Waals surface area contributed by atoms with Crippen LogP contribution >= 0.6 is 0 Å². The summed E-state index contributed by atoms with van der Waals surface area (Å²) in [4.78, 5) is 14.0. The molecule has 0 aliphatic rings. The number of amides is 1. The van der Waals surface area contributed by atoms with Crippen molar-refractivity contribution in [3.8, 4) is 0 Å². The van der Waals surface area contributed by atoms with E-state index in [4.69, 9.17) is 0 Å². The molecule has 0 saturated carbocycles. The Morgan fingerprint density at radius 2 is 1.89 bits per heavy atom. The van der Waals surface area contributed by atoms with Crippen molar-refractivity contribution in [3.63, 3.8) is 0 Å². The van der Waals surface area contributed by atoms with Crippen molar-refractivity contribution < 1.29 is 4.79 Å². The van der Waals surface area contributed by atoms with Gasteiger partial charge in [0, 0.05) is 37.4 Å². The molecular weight excluding hydrogens is 226 g/mol. The molecule has 0 spiro atoms. The first-order valence-corrected chi connectivity index (χ1v) is 6.31. The molecule has 4 heteroatoms. The van der Waals surface area contributed by atoms with Crippen molar-refractivity contribution >= 4 is 11.6 Å². The lowest BCUT2D eigenvalue weighted by Crippen LogP contribution is -2.36. The molecule has 2 N–H and O–H groups in total. The predicted octanol–water partition coefficient (Wildman–Crippen LogP) is 1.80. The first-order chi connectivity index (χ1) is 8.54. The molecule has 0 aromatic heterocycles. The molecule has 18 heavy (non-hydrogen) atoms. The minimum Gasteiger partial charge on any atom is -0.388 e. The topological polar surface area (TPSA) is 44.4 Å². The molecule has 1 rings (SSSR count). The summed E-state index contributed by atoms with van der Waals surface area (Å²) in [5.41, 5.74) is 1.70. The Morgan fingerprint density at radius 1 is 1.28 bits per heavy atom. The average molecular weight is 249 g/mol. The summed E-state index contributed by atoms with van der Waals surface area (Å²) in [6.07, 6.45) is 0. The maximum atomic E-state index is 11.8. The van der Waals surface area contributed by atoms with Crippen LogP contribution in [0.3, 0.4) is 0 Å². The summed E-state index contributed by atoms with van der Waals surface area (Å²) in [6.45, 7) is 5.80. The number of benzene rings is 1. The van der Waals surface area contributed by atoms with Crippen LogP contribution < -0.4 is 10.6 Å². The van der Waals surface area contributed by atoms with E-state index in [1.165, 1.54) is 0 Å². The zero-order valence-electron chi connectivity index (χ0n) is 11.7. The molecule has 0 aliphatic heterocycles. The molecule has 0 heterocycles. The van der Waals surface area contributed by atoms with Crippen LogP contribution in [0.5, 0.6) is 0 Å². The highest BCUT2D eigenvalue weighted by Crippen LogP contribution is 2.08. The van der Waals surface area contributed by atoms with Crippen LogP contribution in [0.15, 0.2) is 24.3 Å². The zero-order valence-corrected chi connectivity index (χ0v) is 11.7. The number of rotatable bonds is 6. The van der Waals surface area contributed by atoms with Crippen molar-refractivity contribution in [3.05, 3.63) is 29.8 Å². The van der Waals surface area contributed by atoms with Crippen LogP contribution in [0.25, 0.3) is 0 Å². The summed E-state index contributed by atoms with van der Waals surface area (Å²) in [5.74, 6) is -0.0187. The van der Waals surface area contributed by atoms with Crippen LogP contribution in [-0.2, 0) is 0 Å². The minimum absolute atomic E-state index is 0.0187. The standard InChI is InChI=1S/C14H23N3O/c1-11(2)17(4)10-9-16-14(18)12-5-7-13(15-3)8-6-12/h5-8,11,15H,9-10H2,1-4H3,(H,16,18). The van der Waals surface area contributed by atoms with E-state index >= 15 is 0 Å². The molecule has 0 fully saturated rings. The molecule has 0 atom stereocenters. The zero-order chi connectivity index (χ0) is 13.5. The SMILES string of the molecule is CNc1ccc(C(=O)NCCN(C)C(C)C)cc1. The lowest BCUT2D eigenvalue weighted by Gasteiger charge is -2.20. The van der Waals surface area contributed by atoms with Crippen molar-refractivity contribution in [1.82, 2.24) is 10.2 Å². The van der Waals surface area contributed by atoms with Gasteiger partial charge < -0.3 is 15.5 Å². The van der Waals surface area contributed by atoms with E-state index < -0.39 is 0 Å².